The first-order chi connectivity index (χ1) is 21.6. The number of aromatic nitrogens is 3. The average Bonchev–Trinajstić information content (AvgIpc) is 3.03. The largest absolute Gasteiger partial charge is 0.369 e. The van der Waals surface area contributed by atoms with E-state index in [1.54, 1.807) is 56.7 Å². The van der Waals surface area contributed by atoms with E-state index in [0.29, 0.717) is 36.2 Å². The van der Waals surface area contributed by atoms with E-state index < -0.39 is 11.9 Å². The van der Waals surface area contributed by atoms with Gasteiger partial charge in [-0.05, 0) is 69.2 Å². The highest BCUT2D eigenvalue weighted by atomic mass is 16.2. The number of carbonyl (C=O) groups is 3. The third kappa shape index (κ3) is 9.07. The third-order valence-corrected chi connectivity index (χ3v) is 6.90. The molecule has 0 aliphatic rings. The zero-order valence-corrected chi connectivity index (χ0v) is 26.2. The van der Waals surface area contributed by atoms with Gasteiger partial charge in [0.15, 0.2) is 0 Å². The van der Waals surface area contributed by atoms with Gasteiger partial charge in [-0.15, -0.1) is 0 Å². The highest BCUT2D eigenvalue weighted by molar-refractivity contribution is 6.08. The van der Waals surface area contributed by atoms with Crippen molar-refractivity contribution in [2.75, 3.05) is 55.5 Å². The van der Waals surface area contributed by atoms with Crippen LogP contribution >= 0.6 is 0 Å². The molecule has 4 rings (SSSR count). The lowest BCUT2D eigenvalue weighted by Crippen LogP contribution is -2.42. The van der Waals surface area contributed by atoms with Crippen LogP contribution in [0.4, 0.5) is 28.8 Å². The molecule has 0 aliphatic heterocycles. The van der Waals surface area contributed by atoms with Gasteiger partial charge in [0.2, 0.25) is 17.8 Å². The summed E-state index contributed by atoms with van der Waals surface area (Å²) in [6.07, 6.45) is 9.05. The fourth-order valence-electron chi connectivity index (χ4n) is 4.25. The second kappa shape index (κ2) is 15.4. The summed E-state index contributed by atoms with van der Waals surface area (Å²) < 4.78 is 0. The zero-order valence-electron chi connectivity index (χ0n) is 26.2. The van der Waals surface area contributed by atoms with E-state index in [4.69, 9.17) is 0 Å². The molecule has 1 atom stereocenters. The van der Waals surface area contributed by atoms with Crippen molar-refractivity contribution in [1.29, 1.82) is 0 Å². The Kier molecular flexibility index (Phi) is 11.1. The van der Waals surface area contributed by atoms with Gasteiger partial charge in [0.25, 0.3) is 5.91 Å². The molecule has 0 unspecified atom stereocenters. The summed E-state index contributed by atoms with van der Waals surface area (Å²) in [4.78, 5) is 55.1. The van der Waals surface area contributed by atoms with Crippen LogP contribution in [0.1, 0.15) is 30.6 Å². The molecule has 45 heavy (non-hydrogen) atoms. The molecular formula is C33H39N9O3. The Balaban J connectivity index is 1.43. The average molecular weight is 610 g/mol. The standard InChI is InChI=1S/C33H39N9O3/c1-6-15-35-30-28(21-36-33(40-30)39-27-13-12-24-20-34-16-14-23(24)18-27)32(45)38-26-10-7-9-25(19-26)37-31(44)22(2)42(5)29(43)11-8-17-41(3)4/h7-14,16,18-22H,6,15,17H2,1-5H3,(H,37,44)(H,38,45)(H2,35,36,39,40)/b11-8+/t22-/m0/s1. The van der Waals surface area contributed by atoms with Crippen molar-refractivity contribution in [2.24, 2.45) is 0 Å². The number of likely N-dealkylation sites (N-methyl/N-ethyl adjacent to an activating group) is 2. The van der Waals surface area contributed by atoms with Crippen molar-refractivity contribution in [2.45, 2.75) is 26.3 Å². The van der Waals surface area contributed by atoms with Gasteiger partial charge < -0.3 is 31.1 Å². The monoisotopic (exact) mass is 609 g/mol. The Labute approximate surface area is 263 Å². The summed E-state index contributed by atoms with van der Waals surface area (Å²) in [6.45, 7) is 4.90. The molecule has 0 aliphatic carbocycles. The third-order valence-electron chi connectivity index (χ3n) is 6.90. The van der Waals surface area contributed by atoms with Crippen LogP contribution < -0.4 is 21.3 Å². The molecule has 0 bridgehead atoms. The first-order valence-corrected chi connectivity index (χ1v) is 14.7. The predicted molar refractivity (Wildman–Crippen MR) is 179 cm³/mol. The van der Waals surface area contributed by atoms with Crippen LogP contribution in [0.2, 0.25) is 0 Å². The highest BCUT2D eigenvalue weighted by Crippen LogP contribution is 2.23. The van der Waals surface area contributed by atoms with Crippen molar-refractivity contribution in [3.05, 3.63) is 84.8 Å². The summed E-state index contributed by atoms with van der Waals surface area (Å²) in [7, 11) is 5.39. The summed E-state index contributed by atoms with van der Waals surface area (Å²) in [5.41, 5.74) is 2.01. The predicted octanol–water partition coefficient (Wildman–Crippen LogP) is 4.75. The van der Waals surface area contributed by atoms with Crippen molar-refractivity contribution in [1.82, 2.24) is 24.8 Å². The molecule has 0 saturated heterocycles. The number of nitrogens with zero attached hydrogens (tertiary/aromatic N) is 5. The number of amides is 3. The zero-order chi connectivity index (χ0) is 32.3. The summed E-state index contributed by atoms with van der Waals surface area (Å²) in [5, 5.41) is 14.2. The molecule has 0 spiro atoms. The molecule has 12 nitrogen and oxygen atoms in total. The van der Waals surface area contributed by atoms with E-state index in [-0.39, 0.29) is 17.4 Å². The summed E-state index contributed by atoms with van der Waals surface area (Å²) in [6, 6.07) is 13.8. The number of benzene rings is 2. The lowest BCUT2D eigenvalue weighted by atomic mass is 10.1. The molecule has 0 radical (unpaired) electrons. The smallest absolute Gasteiger partial charge is 0.260 e. The fourth-order valence-corrected chi connectivity index (χ4v) is 4.25. The minimum Gasteiger partial charge on any atom is -0.369 e. The molecule has 0 saturated carbocycles. The number of anilines is 5. The second-order valence-electron chi connectivity index (χ2n) is 10.8. The van der Waals surface area contributed by atoms with Crippen LogP contribution in [0.3, 0.4) is 0 Å². The Morgan fingerprint density at radius 2 is 1.71 bits per heavy atom. The van der Waals surface area contributed by atoms with Gasteiger partial charge in [-0.3, -0.25) is 19.4 Å². The molecule has 3 amide bonds. The lowest BCUT2D eigenvalue weighted by molar-refractivity contribution is -0.132. The molecule has 234 valence electrons. The summed E-state index contributed by atoms with van der Waals surface area (Å²) >= 11 is 0. The topological polar surface area (TPSA) is 144 Å². The van der Waals surface area contributed by atoms with E-state index in [2.05, 4.69) is 36.2 Å². The minimum atomic E-state index is -0.720. The number of rotatable bonds is 13. The number of hydrogen-bond acceptors (Lipinski definition) is 9. The van der Waals surface area contributed by atoms with E-state index in [1.807, 2.05) is 50.2 Å². The van der Waals surface area contributed by atoms with Crippen LogP contribution in [0.15, 0.2) is 79.3 Å². The molecule has 4 aromatic rings. The van der Waals surface area contributed by atoms with Crippen LogP contribution in [-0.2, 0) is 9.59 Å². The molecule has 0 fully saturated rings. The van der Waals surface area contributed by atoms with Gasteiger partial charge >= 0.3 is 0 Å². The molecule has 4 N–H and O–H groups in total. The first kappa shape index (κ1) is 32.6. The molecule has 2 aromatic heterocycles. The first-order valence-electron chi connectivity index (χ1n) is 14.7. The van der Waals surface area contributed by atoms with Gasteiger partial charge in [-0.25, -0.2) is 4.98 Å². The Morgan fingerprint density at radius 3 is 2.47 bits per heavy atom. The van der Waals surface area contributed by atoms with Gasteiger partial charge in [0.05, 0.1) is 0 Å². The maximum absolute atomic E-state index is 13.4. The number of carbonyl (C=O) groups excluding carboxylic acids is 3. The van der Waals surface area contributed by atoms with E-state index in [0.717, 1.165) is 22.9 Å². The molecule has 2 heterocycles. The van der Waals surface area contributed by atoms with E-state index in [1.165, 1.54) is 17.2 Å². The van der Waals surface area contributed by atoms with Crippen LogP contribution in [0.5, 0.6) is 0 Å². The van der Waals surface area contributed by atoms with Gasteiger partial charge in [-0.1, -0.05) is 25.1 Å². The minimum absolute atomic E-state index is 0.268. The number of nitrogens with one attached hydrogen (secondary N) is 4. The molecule has 12 heteroatoms. The number of fused-ring (bicyclic) bond motifs is 1. The lowest BCUT2D eigenvalue weighted by Gasteiger charge is -2.23. The van der Waals surface area contributed by atoms with Crippen molar-refractivity contribution in [3.8, 4) is 0 Å². The van der Waals surface area contributed by atoms with Crippen LogP contribution in [0, 0.1) is 0 Å². The maximum atomic E-state index is 13.4. The van der Waals surface area contributed by atoms with Crippen molar-refractivity contribution < 1.29 is 14.4 Å². The Bertz CT molecular complexity index is 1690. The molecule has 2 aromatic carbocycles. The quantitative estimate of drug-likeness (QED) is 0.158. The van der Waals surface area contributed by atoms with Crippen molar-refractivity contribution >= 4 is 57.3 Å². The normalized spacial score (nSPS) is 11.8. The van der Waals surface area contributed by atoms with Crippen LogP contribution in [0.25, 0.3) is 10.8 Å². The molecular weight excluding hydrogens is 570 g/mol. The van der Waals surface area contributed by atoms with Crippen molar-refractivity contribution in [3.63, 3.8) is 0 Å². The van der Waals surface area contributed by atoms with Crippen LogP contribution in [-0.4, -0.2) is 82.7 Å². The van der Waals surface area contributed by atoms with Gasteiger partial charge in [0.1, 0.15) is 17.4 Å². The number of hydrogen-bond donors (Lipinski definition) is 4. The number of pyridine rings is 1. The van der Waals surface area contributed by atoms with Gasteiger partial charge in [-0.2, -0.15) is 4.98 Å². The van der Waals surface area contributed by atoms with E-state index >= 15 is 0 Å². The van der Waals surface area contributed by atoms with Gasteiger partial charge in [0, 0.05) is 67.3 Å². The second-order valence-corrected chi connectivity index (χ2v) is 10.8. The Morgan fingerprint density at radius 1 is 0.933 bits per heavy atom. The van der Waals surface area contributed by atoms with E-state index in [9.17, 15) is 14.4 Å². The SMILES string of the molecule is CCCNc1nc(Nc2ccc3cnccc3c2)ncc1C(=O)Nc1cccc(NC(=O)[C@H](C)N(C)C(=O)/C=C/CN(C)C)c1. The highest BCUT2D eigenvalue weighted by Gasteiger charge is 2.21. The Hall–Kier alpha value is -5.36. The maximum Gasteiger partial charge on any atom is 0.260 e. The summed E-state index contributed by atoms with van der Waals surface area (Å²) in [5.74, 6) is -0.311. The fraction of sp³-hybridized carbons (Fsp3) is 0.273.